The summed E-state index contributed by atoms with van der Waals surface area (Å²) >= 11 is 0. The lowest BCUT2D eigenvalue weighted by molar-refractivity contribution is -0.122. The number of aromatic nitrogens is 2. The molecule has 1 aromatic rings. The fourth-order valence-electron chi connectivity index (χ4n) is 1.33. The van der Waals surface area contributed by atoms with Gasteiger partial charge in [-0.25, -0.2) is 4.98 Å². The number of carbonyl (C=O) groups is 1. The normalized spacial score (nSPS) is 12.8. The van der Waals surface area contributed by atoms with Gasteiger partial charge in [0.2, 0.25) is 0 Å². The second-order valence-electron chi connectivity index (χ2n) is 3.38. The molecule has 0 aliphatic heterocycles. The molecule has 1 aromatic heterocycles. The van der Waals surface area contributed by atoms with Crippen LogP contribution >= 0.6 is 0 Å². The van der Waals surface area contributed by atoms with Crippen LogP contribution in [0.15, 0.2) is 12.4 Å². The highest BCUT2D eigenvalue weighted by Gasteiger charge is 2.13. The maximum atomic E-state index is 11.3. The molecule has 0 saturated heterocycles. The molecule has 3 nitrogen and oxygen atoms in total. The summed E-state index contributed by atoms with van der Waals surface area (Å²) in [7, 11) is 1.95. The lowest BCUT2D eigenvalue weighted by Gasteiger charge is -2.08. The highest BCUT2D eigenvalue weighted by molar-refractivity contribution is 5.80. The predicted octanol–water partition coefficient (Wildman–Crippen LogP) is 1.58. The predicted molar refractivity (Wildman–Crippen MR) is 51.4 cm³/mol. The van der Waals surface area contributed by atoms with E-state index in [4.69, 9.17) is 0 Å². The minimum absolute atomic E-state index is 0.0890. The van der Waals surface area contributed by atoms with Crippen molar-refractivity contribution in [2.45, 2.75) is 26.7 Å². The zero-order chi connectivity index (χ0) is 9.84. The van der Waals surface area contributed by atoms with Crippen LogP contribution in [0.4, 0.5) is 0 Å². The third kappa shape index (κ3) is 2.41. The number of nitrogens with zero attached hydrogens (tertiary/aromatic N) is 2. The van der Waals surface area contributed by atoms with Gasteiger partial charge < -0.3 is 4.57 Å². The van der Waals surface area contributed by atoms with Crippen molar-refractivity contribution in [2.75, 3.05) is 0 Å². The summed E-state index contributed by atoms with van der Waals surface area (Å²) in [6.07, 6.45) is 5.03. The van der Waals surface area contributed by atoms with Crippen molar-refractivity contribution in [3.05, 3.63) is 18.2 Å². The number of aryl methyl sites for hydroxylation is 1. The zero-order valence-electron chi connectivity index (χ0n) is 8.45. The van der Waals surface area contributed by atoms with Crippen molar-refractivity contribution in [2.24, 2.45) is 13.0 Å². The second kappa shape index (κ2) is 4.21. The topological polar surface area (TPSA) is 34.9 Å². The van der Waals surface area contributed by atoms with Crippen LogP contribution in [0, 0.1) is 5.92 Å². The highest BCUT2D eigenvalue weighted by atomic mass is 16.1. The van der Waals surface area contributed by atoms with Crippen LogP contribution in [0.1, 0.15) is 26.1 Å². The van der Waals surface area contributed by atoms with Gasteiger partial charge in [-0.05, 0) is 0 Å². The Bertz CT molecular complexity index is 291. The van der Waals surface area contributed by atoms with E-state index in [0.717, 1.165) is 12.2 Å². The fraction of sp³-hybridized carbons (Fsp3) is 0.600. The summed E-state index contributed by atoms with van der Waals surface area (Å²) in [5, 5.41) is 0. The molecule has 0 aliphatic rings. The average Bonchev–Trinajstić information content (AvgIpc) is 2.50. The third-order valence-electron chi connectivity index (χ3n) is 2.31. The number of carbonyl (C=O) groups excluding carboxylic acids is 1. The van der Waals surface area contributed by atoms with Gasteiger partial charge in [-0.15, -0.1) is 0 Å². The number of Topliss-reactive ketones (excluding diaryl/α,β-unsaturated/α-hetero) is 1. The summed E-state index contributed by atoms with van der Waals surface area (Å²) in [5.41, 5.74) is 0. The molecular formula is C10H16N2O. The minimum Gasteiger partial charge on any atom is -0.338 e. The van der Waals surface area contributed by atoms with E-state index >= 15 is 0 Å². The summed E-state index contributed by atoms with van der Waals surface area (Å²) < 4.78 is 1.96. The monoisotopic (exact) mass is 180 g/mol. The van der Waals surface area contributed by atoms with Crippen LogP contribution in [0.3, 0.4) is 0 Å². The Balaban J connectivity index is 2.59. The molecule has 72 valence electrons. The van der Waals surface area contributed by atoms with Crippen molar-refractivity contribution in [3.63, 3.8) is 0 Å². The van der Waals surface area contributed by atoms with Crippen LogP contribution in [-0.4, -0.2) is 15.3 Å². The van der Waals surface area contributed by atoms with Crippen molar-refractivity contribution in [3.8, 4) is 0 Å². The molecule has 3 heteroatoms. The first-order valence-electron chi connectivity index (χ1n) is 4.64. The van der Waals surface area contributed by atoms with Gasteiger partial charge in [0.15, 0.2) is 0 Å². The third-order valence-corrected chi connectivity index (χ3v) is 2.31. The minimum atomic E-state index is 0.0890. The molecule has 1 atom stereocenters. The average molecular weight is 180 g/mol. The van der Waals surface area contributed by atoms with Crippen molar-refractivity contribution < 1.29 is 4.79 Å². The van der Waals surface area contributed by atoms with Gasteiger partial charge in [0, 0.05) is 38.2 Å². The smallest absolute Gasteiger partial charge is 0.135 e. The Labute approximate surface area is 78.8 Å². The molecular weight excluding hydrogens is 164 g/mol. The number of hydrogen-bond acceptors (Lipinski definition) is 2. The number of rotatable bonds is 4. The molecule has 0 aromatic carbocycles. The van der Waals surface area contributed by atoms with E-state index in [1.54, 1.807) is 6.20 Å². The number of hydrogen-bond donors (Lipinski definition) is 0. The van der Waals surface area contributed by atoms with Crippen LogP contribution in [0.2, 0.25) is 0 Å². The Morgan fingerprint density at radius 1 is 1.69 bits per heavy atom. The SMILES string of the molecule is CCC(=O)C(C)Cc1nccn1C. The van der Waals surface area contributed by atoms with Gasteiger partial charge in [-0.2, -0.15) is 0 Å². The summed E-state index contributed by atoms with van der Waals surface area (Å²) in [6.45, 7) is 3.86. The first kappa shape index (κ1) is 9.96. The Kier molecular flexibility index (Phi) is 3.23. The Morgan fingerprint density at radius 3 is 2.85 bits per heavy atom. The van der Waals surface area contributed by atoms with Crippen molar-refractivity contribution >= 4 is 5.78 Å². The van der Waals surface area contributed by atoms with Gasteiger partial charge in [0.1, 0.15) is 11.6 Å². The number of ketones is 1. The highest BCUT2D eigenvalue weighted by Crippen LogP contribution is 2.08. The summed E-state index contributed by atoms with van der Waals surface area (Å²) in [5.74, 6) is 1.38. The van der Waals surface area contributed by atoms with E-state index in [0.29, 0.717) is 12.2 Å². The largest absolute Gasteiger partial charge is 0.338 e. The van der Waals surface area contributed by atoms with E-state index in [9.17, 15) is 4.79 Å². The molecule has 0 spiro atoms. The summed E-state index contributed by atoms with van der Waals surface area (Å²) in [4.78, 5) is 15.5. The molecule has 1 heterocycles. The van der Waals surface area contributed by atoms with Gasteiger partial charge >= 0.3 is 0 Å². The lowest BCUT2D eigenvalue weighted by Crippen LogP contribution is -2.14. The van der Waals surface area contributed by atoms with E-state index in [1.165, 1.54) is 0 Å². The molecule has 0 radical (unpaired) electrons. The van der Waals surface area contributed by atoms with Crippen molar-refractivity contribution in [1.82, 2.24) is 9.55 Å². The molecule has 0 bridgehead atoms. The van der Waals surface area contributed by atoms with E-state index < -0.39 is 0 Å². The standard InChI is InChI=1S/C10H16N2O/c1-4-9(13)8(2)7-10-11-5-6-12(10)3/h5-6,8H,4,7H2,1-3H3. The van der Waals surface area contributed by atoms with Gasteiger partial charge in [-0.1, -0.05) is 13.8 Å². The van der Waals surface area contributed by atoms with Crippen LogP contribution in [0.25, 0.3) is 0 Å². The maximum Gasteiger partial charge on any atom is 0.135 e. The Hall–Kier alpha value is -1.12. The molecule has 0 amide bonds. The van der Waals surface area contributed by atoms with Gasteiger partial charge in [0.05, 0.1) is 0 Å². The lowest BCUT2D eigenvalue weighted by atomic mass is 10.0. The first-order chi connectivity index (χ1) is 6.15. The molecule has 0 fully saturated rings. The molecule has 1 rings (SSSR count). The van der Waals surface area contributed by atoms with E-state index in [1.807, 2.05) is 31.7 Å². The summed E-state index contributed by atoms with van der Waals surface area (Å²) in [6, 6.07) is 0. The van der Waals surface area contributed by atoms with E-state index in [-0.39, 0.29) is 5.92 Å². The molecule has 1 unspecified atom stereocenters. The maximum absolute atomic E-state index is 11.3. The molecule has 0 N–H and O–H groups in total. The second-order valence-corrected chi connectivity index (χ2v) is 3.38. The van der Waals surface area contributed by atoms with Crippen LogP contribution in [0.5, 0.6) is 0 Å². The molecule has 0 saturated carbocycles. The van der Waals surface area contributed by atoms with Crippen LogP contribution in [-0.2, 0) is 18.3 Å². The molecule has 0 aliphatic carbocycles. The quantitative estimate of drug-likeness (QED) is 0.705. The van der Waals surface area contributed by atoms with E-state index in [2.05, 4.69) is 4.98 Å². The Morgan fingerprint density at radius 2 is 2.38 bits per heavy atom. The zero-order valence-corrected chi connectivity index (χ0v) is 8.45. The van der Waals surface area contributed by atoms with Gasteiger partial charge in [0.25, 0.3) is 0 Å². The number of imidazole rings is 1. The van der Waals surface area contributed by atoms with Crippen LogP contribution < -0.4 is 0 Å². The van der Waals surface area contributed by atoms with Crippen molar-refractivity contribution in [1.29, 1.82) is 0 Å². The molecule has 13 heavy (non-hydrogen) atoms. The first-order valence-corrected chi connectivity index (χ1v) is 4.64. The fourth-order valence-corrected chi connectivity index (χ4v) is 1.33. The van der Waals surface area contributed by atoms with Gasteiger partial charge in [-0.3, -0.25) is 4.79 Å².